The number of hydrogen-bond donors (Lipinski definition) is 2. The minimum absolute atomic E-state index is 0.255. The van der Waals surface area contributed by atoms with Crippen molar-refractivity contribution in [3.63, 3.8) is 0 Å². The summed E-state index contributed by atoms with van der Waals surface area (Å²) in [6, 6.07) is 17.8. The summed E-state index contributed by atoms with van der Waals surface area (Å²) < 4.78 is 7.15. The minimum atomic E-state index is 0.255. The first-order chi connectivity index (χ1) is 13.2. The zero-order chi connectivity index (χ0) is 18.6. The van der Waals surface area contributed by atoms with Gasteiger partial charge in [0.15, 0.2) is 0 Å². The van der Waals surface area contributed by atoms with E-state index in [1.807, 2.05) is 65.4 Å². The highest BCUT2D eigenvalue weighted by molar-refractivity contribution is 5.98. The second-order valence-electron chi connectivity index (χ2n) is 6.41. The van der Waals surface area contributed by atoms with Gasteiger partial charge >= 0.3 is 0 Å². The van der Waals surface area contributed by atoms with Crippen LogP contribution in [0, 0.1) is 0 Å². The molecule has 4 aromatic rings. The van der Waals surface area contributed by atoms with E-state index < -0.39 is 0 Å². The SMILES string of the molecule is COc1cccc(Cn2cc3cccc(NCc4ccncc4)c3c2O)c1. The quantitative estimate of drug-likeness (QED) is 0.535. The minimum Gasteiger partial charge on any atom is -0.497 e. The van der Waals surface area contributed by atoms with E-state index in [0.29, 0.717) is 13.1 Å². The number of pyridine rings is 1. The fourth-order valence-corrected chi connectivity index (χ4v) is 3.23. The molecule has 2 aromatic heterocycles. The van der Waals surface area contributed by atoms with Crippen molar-refractivity contribution >= 4 is 16.5 Å². The predicted octanol–water partition coefficient (Wildman–Crippen LogP) is 4.41. The molecule has 27 heavy (non-hydrogen) atoms. The molecule has 5 nitrogen and oxygen atoms in total. The Labute approximate surface area is 157 Å². The van der Waals surface area contributed by atoms with Crippen molar-refractivity contribution in [2.45, 2.75) is 13.1 Å². The van der Waals surface area contributed by atoms with Crippen molar-refractivity contribution in [1.82, 2.24) is 9.55 Å². The van der Waals surface area contributed by atoms with Crippen LogP contribution in [-0.2, 0) is 13.1 Å². The first-order valence-electron chi connectivity index (χ1n) is 8.81. The summed E-state index contributed by atoms with van der Waals surface area (Å²) in [7, 11) is 1.65. The van der Waals surface area contributed by atoms with Gasteiger partial charge in [0.25, 0.3) is 0 Å². The Hall–Kier alpha value is -3.47. The largest absolute Gasteiger partial charge is 0.497 e. The second kappa shape index (κ2) is 7.41. The second-order valence-corrected chi connectivity index (χ2v) is 6.41. The summed E-state index contributed by atoms with van der Waals surface area (Å²) in [5.41, 5.74) is 3.11. The van der Waals surface area contributed by atoms with Gasteiger partial charge in [-0.05, 0) is 41.5 Å². The summed E-state index contributed by atoms with van der Waals surface area (Å²) in [5, 5.41) is 16.1. The molecular weight excluding hydrogens is 338 g/mol. The van der Waals surface area contributed by atoms with Crippen LogP contribution < -0.4 is 10.1 Å². The highest BCUT2D eigenvalue weighted by Gasteiger charge is 2.13. The average molecular weight is 359 g/mol. The number of aromatic nitrogens is 2. The van der Waals surface area contributed by atoms with Crippen LogP contribution in [0.4, 0.5) is 5.69 Å². The normalized spacial score (nSPS) is 10.9. The summed E-state index contributed by atoms with van der Waals surface area (Å²) in [6.07, 6.45) is 5.53. The van der Waals surface area contributed by atoms with Gasteiger partial charge in [-0.2, -0.15) is 0 Å². The van der Waals surface area contributed by atoms with Crippen LogP contribution in [0.3, 0.4) is 0 Å². The Kier molecular flexibility index (Phi) is 4.66. The Morgan fingerprint density at radius 1 is 1.04 bits per heavy atom. The third-order valence-electron chi connectivity index (χ3n) is 4.61. The molecule has 5 heteroatoms. The third kappa shape index (κ3) is 3.58. The zero-order valence-electron chi connectivity index (χ0n) is 15.1. The number of anilines is 1. The van der Waals surface area contributed by atoms with E-state index in [-0.39, 0.29) is 5.88 Å². The Balaban J connectivity index is 1.63. The molecule has 0 saturated carbocycles. The monoisotopic (exact) mass is 359 g/mol. The van der Waals surface area contributed by atoms with Crippen molar-refractivity contribution in [3.05, 3.63) is 84.3 Å². The maximum atomic E-state index is 10.8. The molecule has 2 aromatic carbocycles. The molecule has 0 fully saturated rings. The zero-order valence-corrected chi connectivity index (χ0v) is 15.1. The number of hydrogen-bond acceptors (Lipinski definition) is 4. The van der Waals surface area contributed by atoms with Crippen LogP contribution in [0.25, 0.3) is 10.8 Å². The number of nitrogens with one attached hydrogen (secondary N) is 1. The molecule has 136 valence electrons. The third-order valence-corrected chi connectivity index (χ3v) is 4.61. The maximum Gasteiger partial charge on any atom is 0.201 e. The van der Waals surface area contributed by atoms with Gasteiger partial charge in [0.1, 0.15) is 5.75 Å². The van der Waals surface area contributed by atoms with Gasteiger partial charge in [-0.3, -0.25) is 4.98 Å². The van der Waals surface area contributed by atoms with Crippen LogP contribution in [0.15, 0.2) is 73.2 Å². The molecule has 0 radical (unpaired) electrons. The van der Waals surface area contributed by atoms with Crippen LogP contribution in [0.2, 0.25) is 0 Å². The summed E-state index contributed by atoms with van der Waals surface area (Å²) in [4.78, 5) is 4.04. The van der Waals surface area contributed by atoms with Gasteiger partial charge in [0.2, 0.25) is 5.88 Å². The Bertz CT molecular complexity index is 1060. The molecule has 0 saturated heterocycles. The van der Waals surface area contributed by atoms with E-state index in [9.17, 15) is 5.11 Å². The van der Waals surface area contributed by atoms with Gasteiger partial charge in [-0.1, -0.05) is 24.3 Å². The van der Waals surface area contributed by atoms with E-state index in [2.05, 4.69) is 10.3 Å². The predicted molar refractivity (Wildman–Crippen MR) is 107 cm³/mol. The van der Waals surface area contributed by atoms with Gasteiger partial charge < -0.3 is 19.7 Å². The topological polar surface area (TPSA) is 59.3 Å². The molecule has 0 aliphatic carbocycles. The molecule has 0 spiro atoms. The van der Waals surface area contributed by atoms with Crippen molar-refractivity contribution in [2.75, 3.05) is 12.4 Å². The molecule has 2 N–H and O–H groups in total. The van der Waals surface area contributed by atoms with Crippen molar-refractivity contribution < 1.29 is 9.84 Å². The lowest BCUT2D eigenvalue weighted by atomic mass is 10.1. The van der Waals surface area contributed by atoms with Crippen molar-refractivity contribution in [1.29, 1.82) is 0 Å². The number of ether oxygens (including phenoxy) is 1. The lowest BCUT2D eigenvalue weighted by molar-refractivity contribution is 0.413. The lowest BCUT2D eigenvalue weighted by Gasteiger charge is -2.09. The Morgan fingerprint density at radius 2 is 1.85 bits per heavy atom. The van der Waals surface area contributed by atoms with Gasteiger partial charge in [-0.15, -0.1) is 0 Å². The highest BCUT2D eigenvalue weighted by Crippen LogP contribution is 2.34. The van der Waals surface area contributed by atoms with Crippen LogP contribution >= 0.6 is 0 Å². The highest BCUT2D eigenvalue weighted by atomic mass is 16.5. The number of methoxy groups -OCH3 is 1. The summed E-state index contributed by atoms with van der Waals surface area (Å²) >= 11 is 0. The number of benzene rings is 2. The van der Waals surface area contributed by atoms with E-state index >= 15 is 0 Å². The molecule has 0 amide bonds. The van der Waals surface area contributed by atoms with Crippen LogP contribution in [0.5, 0.6) is 11.6 Å². The molecule has 0 atom stereocenters. The fraction of sp³-hybridized carbons (Fsp3) is 0.136. The first-order valence-corrected chi connectivity index (χ1v) is 8.81. The Morgan fingerprint density at radius 3 is 2.67 bits per heavy atom. The molecular formula is C22H21N3O2. The molecule has 0 aliphatic heterocycles. The number of aromatic hydroxyl groups is 1. The molecule has 0 unspecified atom stereocenters. The summed E-state index contributed by atoms with van der Waals surface area (Å²) in [6.45, 7) is 1.24. The smallest absolute Gasteiger partial charge is 0.201 e. The molecule has 2 heterocycles. The fourth-order valence-electron chi connectivity index (χ4n) is 3.23. The van der Waals surface area contributed by atoms with Crippen molar-refractivity contribution in [3.8, 4) is 11.6 Å². The lowest BCUT2D eigenvalue weighted by Crippen LogP contribution is -2.00. The van der Waals surface area contributed by atoms with E-state index in [1.165, 1.54) is 0 Å². The average Bonchev–Trinajstić information content (AvgIpc) is 3.03. The van der Waals surface area contributed by atoms with Gasteiger partial charge in [-0.25, -0.2) is 0 Å². The first kappa shape index (κ1) is 17.0. The van der Waals surface area contributed by atoms with E-state index in [4.69, 9.17) is 4.74 Å². The van der Waals surface area contributed by atoms with Crippen molar-refractivity contribution in [2.24, 2.45) is 0 Å². The standard InChI is InChI=1S/C22H21N3O2/c1-27-19-6-2-4-17(12-19)14-25-15-18-5-3-7-20(21(18)22(25)26)24-13-16-8-10-23-11-9-16/h2-12,15,24,26H,13-14H2,1H3. The molecule has 0 aliphatic rings. The number of nitrogens with zero attached hydrogens (tertiary/aromatic N) is 2. The van der Waals surface area contributed by atoms with Gasteiger partial charge in [0.05, 0.1) is 19.0 Å². The van der Waals surface area contributed by atoms with E-state index in [1.54, 1.807) is 19.5 Å². The van der Waals surface area contributed by atoms with Gasteiger partial charge in [0, 0.05) is 36.2 Å². The molecule has 4 rings (SSSR count). The number of fused-ring (bicyclic) bond motifs is 1. The summed E-state index contributed by atoms with van der Waals surface area (Å²) in [5.74, 6) is 1.06. The maximum absolute atomic E-state index is 10.8. The van der Waals surface area contributed by atoms with Crippen LogP contribution in [-0.4, -0.2) is 21.8 Å². The number of rotatable bonds is 6. The molecule has 0 bridgehead atoms. The van der Waals surface area contributed by atoms with E-state index in [0.717, 1.165) is 33.3 Å². The van der Waals surface area contributed by atoms with Crippen LogP contribution in [0.1, 0.15) is 11.1 Å².